The summed E-state index contributed by atoms with van der Waals surface area (Å²) in [5, 5.41) is 13.4. The zero-order valence-electron chi connectivity index (χ0n) is 10.6. The summed E-state index contributed by atoms with van der Waals surface area (Å²) in [6, 6.07) is 9.98. The van der Waals surface area contributed by atoms with Crippen molar-refractivity contribution in [2.75, 3.05) is 5.32 Å². The van der Waals surface area contributed by atoms with Gasteiger partial charge < -0.3 is 5.32 Å². The molecule has 3 nitrogen and oxygen atoms in total. The third-order valence-corrected chi connectivity index (χ3v) is 4.51. The zero-order valence-corrected chi connectivity index (χ0v) is 12.2. The molecule has 1 atom stereocenters. The molecule has 1 heterocycles. The maximum Gasteiger partial charge on any atom is 0.238 e. The Morgan fingerprint density at radius 3 is 2.90 bits per heavy atom. The fraction of sp³-hybridized carbons (Fsp3) is 0.143. The van der Waals surface area contributed by atoms with Crippen molar-refractivity contribution >= 4 is 34.0 Å². The number of thioether (sulfide) groups is 1. The van der Waals surface area contributed by atoms with Crippen molar-refractivity contribution < 1.29 is 9.18 Å². The van der Waals surface area contributed by atoms with E-state index in [-0.39, 0.29) is 11.7 Å². The lowest BCUT2D eigenvalue weighted by Crippen LogP contribution is -2.22. The number of nitrogens with one attached hydrogen (secondary N) is 1. The summed E-state index contributed by atoms with van der Waals surface area (Å²) >= 11 is 2.44. The molecule has 6 heteroatoms. The van der Waals surface area contributed by atoms with Crippen molar-refractivity contribution in [1.29, 1.82) is 5.26 Å². The van der Waals surface area contributed by atoms with E-state index in [1.807, 2.05) is 6.07 Å². The van der Waals surface area contributed by atoms with E-state index in [1.54, 1.807) is 36.6 Å². The Bertz CT molecular complexity index is 663. The summed E-state index contributed by atoms with van der Waals surface area (Å²) in [6.45, 7) is 1.70. The fourth-order valence-corrected chi connectivity index (χ4v) is 3.12. The number of nitrogens with zero attached hydrogens (tertiary/aromatic N) is 1. The number of rotatable bonds is 4. The minimum absolute atomic E-state index is 0.253. The van der Waals surface area contributed by atoms with Crippen LogP contribution in [0.4, 0.5) is 9.39 Å². The number of halogens is 1. The van der Waals surface area contributed by atoms with Crippen LogP contribution in [0.2, 0.25) is 0 Å². The fourth-order valence-electron chi connectivity index (χ4n) is 1.49. The number of thiophene rings is 1. The summed E-state index contributed by atoms with van der Waals surface area (Å²) in [6.07, 6.45) is 0. The van der Waals surface area contributed by atoms with Gasteiger partial charge in [0, 0.05) is 4.90 Å². The smallest absolute Gasteiger partial charge is 0.238 e. The first-order chi connectivity index (χ1) is 9.61. The van der Waals surface area contributed by atoms with Crippen LogP contribution in [0.1, 0.15) is 12.5 Å². The van der Waals surface area contributed by atoms with E-state index in [2.05, 4.69) is 5.32 Å². The minimum atomic E-state index is -0.458. The third-order valence-electron chi connectivity index (χ3n) is 2.53. The van der Waals surface area contributed by atoms with Crippen LogP contribution >= 0.6 is 23.1 Å². The second kappa shape index (κ2) is 6.55. The summed E-state index contributed by atoms with van der Waals surface area (Å²) < 4.78 is 13.5. The molecular weight excluding hydrogens is 295 g/mol. The quantitative estimate of drug-likeness (QED) is 0.872. The van der Waals surface area contributed by atoms with Crippen LogP contribution in [0.25, 0.3) is 0 Å². The van der Waals surface area contributed by atoms with Crippen molar-refractivity contribution in [2.45, 2.75) is 17.1 Å². The van der Waals surface area contributed by atoms with E-state index in [9.17, 15) is 9.18 Å². The molecule has 0 radical (unpaired) electrons. The minimum Gasteiger partial charge on any atom is -0.316 e. The Morgan fingerprint density at radius 2 is 2.20 bits per heavy atom. The number of hydrogen-bond donors (Lipinski definition) is 1. The molecule has 0 saturated heterocycles. The average Bonchev–Trinajstić information content (AvgIpc) is 2.88. The summed E-state index contributed by atoms with van der Waals surface area (Å²) in [7, 11) is 0. The highest BCUT2D eigenvalue weighted by Crippen LogP contribution is 2.28. The van der Waals surface area contributed by atoms with Crippen LogP contribution in [-0.2, 0) is 4.79 Å². The highest BCUT2D eigenvalue weighted by Gasteiger charge is 2.18. The topological polar surface area (TPSA) is 52.9 Å². The predicted molar refractivity (Wildman–Crippen MR) is 79.4 cm³/mol. The maximum absolute atomic E-state index is 13.5. The largest absolute Gasteiger partial charge is 0.316 e. The average molecular weight is 306 g/mol. The van der Waals surface area contributed by atoms with Gasteiger partial charge in [-0.25, -0.2) is 4.39 Å². The Labute approximate surface area is 124 Å². The molecule has 0 unspecified atom stereocenters. The van der Waals surface area contributed by atoms with Gasteiger partial charge in [0.05, 0.1) is 10.8 Å². The predicted octanol–water partition coefficient (Wildman–Crippen LogP) is 3.88. The number of hydrogen-bond acceptors (Lipinski definition) is 4. The van der Waals surface area contributed by atoms with Crippen molar-refractivity contribution in [1.82, 2.24) is 0 Å². The van der Waals surface area contributed by atoms with Gasteiger partial charge in [-0.3, -0.25) is 4.79 Å². The first-order valence-electron chi connectivity index (χ1n) is 5.81. The lowest BCUT2D eigenvalue weighted by Gasteiger charge is -2.11. The Kier molecular flexibility index (Phi) is 4.77. The van der Waals surface area contributed by atoms with Gasteiger partial charge in [-0.1, -0.05) is 12.1 Å². The van der Waals surface area contributed by atoms with Crippen LogP contribution in [0.3, 0.4) is 0 Å². The SMILES string of the molecule is C[C@H](Sc1ccccc1F)C(=O)Nc1sccc1C#N. The molecule has 0 fully saturated rings. The summed E-state index contributed by atoms with van der Waals surface area (Å²) in [5.41, 5.74) is 0.437. The second-order valence-electron chi connectivity index (χ2n) is 3.95. The van der Waals surface area contributed by atoms with E-state index in [4.69, 9.17) is 5.26 Å². The molecule has 0 bridgehead atoms. The van der Waals surface area contributed by atoms with Crippen LogP contribution in [0.15, 0.2) is 40.6 Å². The van der Waals surface area contributed by atoms with Crippen LogP contribution in [-0.4, -0.2) is 11.2 Å². The summed E-state index contributed by atoms with van der Waals surface area (Å²) in [5.74, 6) is -0.594. The van der Waals surface area contributed by atoms with Gasteiger partial charge in [0.15, 0.2) is 0 Å². The lowest BCUT2D eigenvalue weighted by molar-refractivity contribution is -0.115. The van der Waals surface area contributed by atoms with Gasteiger partial charge in [-0.2, -0.15) is 5.26 Å². The van der Waals surface area contributed by atoms with E-state index >= 15 is 0 Å². The number of carbonyl (C=O) groups excluding carboxylic acids is 1. The van der Waals surface area contributed by atoms with E-state index in [0.29, 0.717) is 15.5 Å². The van der Waals surface area contributed by atoms with E-state index in [1.165, 1.54) is 17.4 Å². The Hall–Kier alpha value is -1.84. The maximum atomic E-state index is 13.5. The van der Waals surface area contributed by atoms with Gasteiger partial charge in [-0.05, 0) is 30.5 Å². The molecule has 2 rings (SSSR count). The van der Waals surface area contributed by atoms with Crippen LogP contribution in [0.5, 0.6) is 0 Å². The third kappa shape index (κ3) is 3.38. The summed E-state index contributed by atoms with van der Waals surface area (Å²) in [4.78, 5) is 12.5. The monoisotopic (exact) mass is 306 g/mol. The molecule has 0 aliphatic heterocycles. The van der Waals surface area contributed by atoms with Gasteiger partial charge >= 0.3 is 0 Å². The number of carbonyl (C=O) groups is 1. The van der Waals surface area contributed by atoms with Crippen molar-refractivity contribution in [3.8, 4) is 6.07 Å². The molecule has 0 saturated carbocycles. The molecule has 1 amide bonds. The van der Waals surface area contributed by atoms with Crippen molar-refractivity contribution in [3.05, 3.63) is 47.1 Å². The number of nitriles is 1. The molecule has 0 aliphatic carbocycles. The highest BCUT2D eigenvalue weighted by molar-refractivity contribution is 8.00. The van der Waals surface area contributed by atoms with E-state index < -0.39 is 5.25 Å². The first-order valence-corrected chi connectivity index (χ1v) is 7.57. The van der Waals surface area contributed by atoms with Gasteiger partial charge in [0.25, 0.3) is 0 Å². The van der Waals surface area contributed by atoms with Gasteiger partial charge in [-0.15, -0.1) is 23.1 Å². The number of anilines is 1. The zero-order chi connectivity index (χ0) is 14.5. The van der Waals surface area contributed by atoms with Crippen LogP contribution < -0.4 is 5.32 Å². The number of benzene rings is 1. The Morgan fingerprint density at radius 1 is 1.45 bits per heavy atom. The molecule has 2 aromatic rings. The number of amides is 1. The Balaban J connectivity index is 2.03. The van der Waals surface area contributed by atoms with Crippen LogP contribution in [0, 0.1) is 17.1 Å². The molecule has 0 aliphatic rings. The molecule has 1 aromatic carbocycles. The second-order valence-corrected chi connectivity index (χ2v) is 6.25. The molecule has 1 N–H and O–H groups in total. The first kappa shape index (κ1) is 14.6. The molecular formula is C14H11FN2OS2. The molecule has 102 valence electrons. The van der Waals surface area contributed by atoms with Crippen molar-refractivity contribution in [2.24, 2.45) is 0 Å². The van der Waals surface area contributed by atoms with E-state index in [0.717, 1.165) is 11.8 Å². The molecule has 0 spiro atoms. The highest BCUT2D eigenvalue weighted by atomic mass is 32.2. The molecule has 1 aromatic heterocycles. The van der Waals surface area contributed by atoms with Crippen molar-refractivity contribution in [3.63, 3.8) is 0 Å². The standard InChI is InChI=1S/C14H11FN2OS2/c1-9(20-12-5-3-2-4-11(12)15)13(18)17-14-10(8-16)6-7-19-14/h2-7,9H,1H3,(H,17,18)/t9-/m0/s1. The normalized spacial score (nSPS) is 11.7. The van der Waals surface area contributed by atoms with Gasteiger partial charge in [0.1, 0.15) is 16.9 Å². The molecule has 20 heavy (non-hydrogen) atoms. The lowest BCUT2D eigenvalue weighted by atomic mass is 10.3. The van der Waals surface area contributed by atoms with Gasteiger partial charge in [0.2, 0.25) is 5.91 Å².